The molecule has 1 aliphatic carbocycles. The molecular formula is C14H13NO2. The summed E-state index contributed by atoms with van der Waals surface area (Å²) < 4.78 is 1.58. The standard InChI is InChI=1S/C14H13NO2/c16-13(11-5-6-11)9-15-12-4-2-1-3-10(12)7-8-14(15)17/h1-4,7-8,11H,5-6,9H2. The van der Waals surface area contributed by atoms with Gasteiger partial charge in [0, 0.05) is 12.0 Å². The van der Waals surface area contributed by atoms with Crippen LogP contribution in [0.5, 0.6) is 0 Å². The molecule has 1 aromatic heterocycles. The fourth-order valence-corrected chi connectivity index (χ4v) is 2.10. The molecule has 0 amide bonds. The van der Waals surface area contributed by atoms with Gasteiger partial charge < -0.3 is 4.57 Å². The molecule has 1 fully saturated rings. The SMILES string of the molecule is O=C(Cn1c(=O)ccc2ccccc21)C1CC1. The molecule has 17 heavy (non-hydrogen) atoms. The van der Waals surface area contributed by atoms with Gasteiger partial charge in [0.05, 0.1) is 12.1 Å². The Morgan fingerprint density at radius 3 is 2.71 bits per heavy atom. The number of Topliss-reactive ketones (excluding diaryl/α,β-unsaturated/α-hetero) is 1. The lowest BCUT2D eigenvalue weighted by Crippen LogP contribution is -2.24. The van der Waals surface area contributed by atoms with Gasteiger partial charge in [0.15, 0.2) is 5.78 Å². The summed E-state index contributed by atoms with van der Waals surface area (Å²) >= 11 is 0. The average Bonchev–Trinajstić information content (AvgIpc) is 3.17. The lowest BCUT2D eigenvalue weighted by atomic mass is 10.2. The van der Waals surface area contributed by atoms with Crippen molar-refractivity contribution in [3.8, 4) is 0 Å². The first kappa shape index (κ1) is 10.3. The van der Waals surface area contributed by atoms with Crippen molar-refractivity contribution >= 4 is 16.7 Å². The van der Waals surface area contributed by atoms with Crippen molar-refractivity contribution in [3.63, 3.8) is 0 Å². The highest BCUT2D eigenvalue weighted by Crippen LogP contribution is 2.30. The van der Waals surface area contributed by atoms with Crippen LogP contribution in [0.2, 0.25) is 0 Å². The number of hydrogen-bond acceptors (Lipinski definition) is 2. The molecule has 3 rings (SSSR count). The van der Waals surface area contributed by atoms with Crippen LogP contribution in [0, 0.1) is 5.92 Å². The largest absolute Gasteiger partial charge is 0.301 e. The number of fused-ring (bicyclic) bond motifs is 1. The second kappa shape index (κ2) is 3.84. The second-order valence-corrected chi connectivity index (χ2v) is 4.56. The molecule has 0 saturated heterocycles. The van der Waals surface area contributed by atoms with Crippen molar-refractivity contribution in [2.45, 2.75) is 19.4 Å². The molecule has 0 aliphatic heterocycles. The Balaban J connectivity index is 2.09. The van der Waals surface area contributed by atoms with Crippen LogP contribution in [0.1, 0.15) is 12.8 Å². The average molecular weight is 227 g/mol. The zero-order chi connectivity index (χ0) is 11.8. The molecule has 2 aromatic rings. The van der Waals surface area contributed by atoms with E-state index in [1.807, 2.05) is 24.3 Å². The summed E-state index contributed by atoms with van der Waals surface area (Å²) in [5.74, 6) is 0.379. The predicted octanol–water partition coefficient (Wildman–Crippen LogP) is 1.98. The maximum Gasteiger partial charge on any atom is 0.251 e. The summed E-state index contributed by atoms with van der Waals surface area (Å²) in [4.78, 5) is 23.6. The van der Waals surface area contributed by atoms with Crippen LogP contribution in [-0.2, 0) is 11.3 Å². The van der Waals surface area contributed by atoms with E-state index in [1.165, 1.54) is 6.07 Å². The maximum absolute atomic E-state index is 11.8. The number of pyridine rings is 1. The van der Waals surface area contributed by atoms with Crippen LogP contribution in [0.15, 0.2) is 41.2 Å². The van der Waals surface area contributed by atoms with Crippen molar-refractivity contribution < 1.29 is 4.79 Å². The fraction of sp³-hybridized carbons (Fsp3) is 0.286. The van der Waals surface area contributed by atoms with E-state index in [0.29, 0.717) is 0 Å². The molecule has 0 unspecified atom stereocenters. The monoisotopic (exact) mass is 227 g/mol. The molecule has 3 heteroatoms. The molecule has 1 heterocycles. The molecule has 0 atom stereocenters. The Hall–Kier alpha value is -1.90. The van der Waals surface area contributed by atoms with Crippen LogP contribution < -0.4 is 5.56 Å². The number of para-hydroxylation sites is 1. The number of carbonyl (C=O) groups excluding carboxylic acids is 1. The lowest BCUT2D eigenvalue weighted by molar-refractivity contribution is -0.120. The van der Waals surface area contributed by atoms with E-state index in [4.69, 9.17) is 0 Å². The van der Waals surface area contributed by atoms with Crippen LogP contribution in [0.4, 0.5) is 0 Å². The minimum atomic E-state index is -0.0994. The van der Waals surface area contributed by atoms with Gasteiger partial charge in [-0.05, 0) is 30.4 Å². The normalized spacial score (nSPS) is 15.1. The fourth-order valence-electron chi connectivity index (χ4n) is 2.10. The molecule has 1 aliphatic rings. The summed E-state index contributed by atoms with van der Waals surface area (Å²) in [6.07, 6.45) is 1.97. The van der Waals surface area contributed by atoms with Gasteiger partial charge in [-0.1, -0.05) is 18.2 Å². The lowest BCUT2D eigenvalue weighted by Gasteiger charge is -2.08. The number of hydrogen-bond donors (Lipinski definition) is 0. The number of carbonyl (C=O) groups is 1. The Labute approximate surface area is 98.7 Å². The number of benzene rings is 1. The van der Waals surface area contributed by atoms with Gasteiger partial charge in [0.25, 0.3) is 5.56 Å². The van der Waals surface area contributed by atoms with Gasteiger partial charge >= 0.3 is 0 Å². The van der Waals surface area contributed by atoms with Crippen LogP contribution in [-0.4, -0.2) is 10.4 Å². The third-order valence-electron chi connectivity index (χ3n) is 3.25. The Morgan fingerprint density at radius 1 is 1.18 bits per heavy atom. The zero-order valence-electron chi connectivity index (χ0n) is 9.43. The van der Waals surface area contributed by atoms with E-state index < -0.39 is 0 Å². The Morgan fingerprint density at radius 2 is 1.94 bits per heavy atom. The minimum absolute atomic E-state index is 0.0994. The predicted molar refractivity (Wildman–Crippen MR) is 65.9 cm³/mol. The van der Waals surface area contributed by atoms with E-state index in [0.717, 1.165) is 23.7 Å². The van der Waals surface area contributed by atoms with E-state index in [1.54, 1.807) is 10.6 Å². The van der Waals surface area contributed by atoms with Gasteiger partial charge in [-0.15, -0.1) is 0 Å². The molecular weight excluding hydrogens is 214 g/mol. The van der Waals surface area contributed by atoms with E-state index in [-0.39, 0.29) is 23.8 Å². The topological polar surface area (TPSA) is 39.1 Å². The summed E-state index contributed by atoms with van der Waals surface area (Å²) in [5, 5.41) is 0.996. The van der Waals surface area contributed by atoms with Crippen molar-refractivity contribution in [1.29, 1.82) is 0 Å². The van der Waals surface area contributed by atoms with Crippen molar-refractivity contribution in [2.75, 3.05) is 0 Å². The summed E-state index contributed by atoms with van der Waals surface area (Å²) in [7, 11) is 0. The first-order valence-electron chi connectivity index (χ1n) is 5.87. The first-order chi connectivity index (χ1) is 8.25. The maximum atomic E-state index is 11.8. The molecule has 0 N–H and O–H groups in total. The first-order valence-corrected chi connectivity index (χ1v) is 5.87. The van der Waals surface area contributed by atoms with Crippen LogP contribution in [0.3, 0.4) is 0 Å². The van der Waals surface area contributed by atoms with Crippen LogP contribution in [0.25, 0.3) is 10.9 Å². The van der Waals surface area contributed by atoms with E-state index in [2.05, 4.69) is 0 Å². The van der Waals surface area contributed by atoms with Crippen molar-refractivity contribution in [1.82, 2.24) is 4.57 Å². The quantitative estimate of drug-likeness (QED) is 0.804. The molecule has 86 valence electrons. The summed E-state index contributed by atoms with van der Waals surface area (Å²) in [6.45, 7) is 0.213. The molecule has 0 spiro atoms. The summed E-state index contributed by atoms with van der Waals surface area (Å²) in [6, 6.07) is 11.0. The Kier molecular flexibility index (Phi) is 2.32. The Bertz CT molecular complexity index is 638. The molecule has 3 nitrogen and oxygen atoms in total. The van der Waals surface area contributed by atoms with Gasteiger partial charge in [0.2, 0.25) is 0 Å². The van der Waals surface area contributed by atoms with Crippen LogP contribution >= 0.6 is 0 Å². The van der Waals surface area contributed by atoms with Gasteiger partial charge in [-0.2, -0.15) is 0 Å². The van der Waals surface area contributed by atoms with Crippen molar-refractivity contribution in [3.05, 3.63) is 46.8 Å². The highest BCUT2D eigenvalue weighted by atomic mass is 16.1. The molecule has 0 bridgehead atoms. The molecule has 1 saturated carbocycles. The van der Waals surface area contributed by atoms with Gasteiger partial charge in [-0.25, -0.2) is 0 Å². The van der Waals surface area contributed by atoms with E-state index >= 15 is 0 Å². The highest BCUT2D eigenvalue weighted by molar-refractivity contribution is 5.85. The minimum Gasteiger partial charge on any atom is -0.301 e. The summed E-state index contributed by atoms with van der Waals surface area (Å²) in [5.41, 5.74) is 0.742. The van der Waals surface area contributed by atoms with Gasteiger partial charge in [-0.3, -0.25) is 9.59 Å². The third-order valence-corrected chi connectivity index (χ3v) is 3.25. The second-order valence-electron chi connectivity index (χ2n) is 4.56. The number of nitrogens with zero attached hydrogens (tertiary/aromatic N) is 1. The number of ketones is 1. The zero-order valence-corrected chi connectivity index (χ0v) is 9.43. The number of aromatic nitrogens is 1. The van der Waals surface area contributed by atoms with Crippen molar-refractivity contribution in [2.24, 2.45) is 5.92 Å². The molecule has 1 aromatic carbocycles. The number of rotatable bonds is 3. The smallest absolute Gasteiger partial charge is 0.251 e. The third kappa shape index (κ3) is 1.88. The molecule has 0 radical (unpaired) electrons. The van der Waals surface area contributed by atoms with Gasteiger partial charge in [0.1, 0.15) is 0 Å². The van der Waals surface area contributed by atoms with E-state index in [9.17, 15) is 9.59 Å². The highest BCUT2D eigenvalue weighted by Gasteiger charge is 2.29.